The van der Waals surface area contributed by atoms with Crippen LogP contribution in [0.15, 0.2) is 12.1 Å². The molecular weight excluding hydrogens is 275 g/mol. The number of hydrogen-bond donors (Lipinski definition) is 1. The molecule has 0 aliphatic rings. The van der Waals surface area contributed by atoms with Crippen LogP contribution >= 0.6 is 23.2 Å². The van der Waals surface area contributed by atoms with Crippen LogP contribution in [0.3, 0.4) is 0 Å². The number of benzene rings is 1. The van der Waals surface area contributed by atoms with E-state index in [-0.39, 0.29) is 12.3 Å². The summed E-state index contributed by atoms with van der Waals surface area (Å²) in [7, 11) is 0. The highest BCUT2D eigenvalue weighted by molar-refractivity contribution is 6.34. The summed E-state index contributed by atoms with van der Waals surface area (Å²) in [5, 5.41) is 9.72. The topological polar surface area (TPSA) is 46.5 Å². The predicted octanol–water partition coefficient (Wildman–Crippen LogP) is 4.36. The van der Waals surface area contributed by atoms with Crippen LogP contribution in [0.25, 0.3) is 0 Å². The highest BCUT2D eigenvalue weighted by atomic mass is 35.5. The van der Waals surface area contributed by atoms with Crippen LogP contribution in [0.5, 0.6) is 5.75 Å². The molecule has 5 heteroatoms. The average molecular weight is 291 g/mol. The fourth-order valence-electron chi connectivity index (χ4n) is 1.68. The van der Waals surface area contributed by atoms with Crippen LogP contribution < -0.4 is 4.74 Å². The molecule has 0 radical (unpaired) electrons. The van der Waals surface area contributed by atoms with Crippen molar-refractivity contribution in [3.63, 3.8) is 0 Å². The Morgan fingerprint density at radius 2 is 2.06 bits per heavy atom. The summed E-state index contributed by atoms with van der Waals surface area (Å²) in [5.41, 5.74) is 0.853. The maximum Gasteiger partial charge on any atom is 0.303 e. The van der Waals surface area contributed by atoms with E-state index in [2.05, 4.69) is 0 Å². The lowest BCUT2D eigenvalue weighted by Gasteiger charge is -2.15. The van der Waals surface area contributed by atoms with E-state index in [0.717, 1.165) is 5.56 Å². The zero-order valence-electron chi connectivity index (χ0n) is 10.4. The van der Waals surface area contributed by atoms with Gasteiger partial charge in [0, 0.05) is 17.5 Å². The van der Waals surface area contributed by atoms with Gasteiger partial charge in [-0.2, -0.15) is 0 Å². The molecule has 0 bridgehead atoms. The quantitative estimate of drug-likeness (QED) is 0.847. The Balaban J connectivity index is 2.89. The molecule has 0 amide bonds. The van der Waals surface area contributed by atoms with Crippen molar-refractivity contribution in [3.05, 3.63) is 27.7 Å². The van der Waals surface area contributed by atoms with E-state index < -0.39 is 5.97 Å². The molecule has 0 fully saturated rings. The van der Waals surface area contributed by atoms with Crippen LogP contribution in [0.2, 0.25) is 10.0 Å². The van der Waals surface area contributed by atoms with Gasteiger partial charge in [-0.15, -0.1) is 0 Å². The van der Waals surface area contributed by atoms with Gasteiger partial charge < -0.3 is 9.84 Å². The molecule has 0 saturated heterocycles. The molecule has 18 heavy (non-hydrogen) atoms. The van der Waals surface area contributed by atoms with Gasteiger partial charge in [0.2, 0.25) is 0 Å². The lowest BCUT2D eigenvalue weighted by molar-refractivity contribution is -0.137. The largest absolute Gasteiger partial charge is 0.492 e. The molecule has 1 aromatic rings. The maximum absolute atomic E-state index is 10.5. The minimum Gasteiger partial charge on any atom is -0.492 e. The molecule has 0 aliphatic heterocycles. The lowest BCUT2D eigenvalue weighted by atomic mass is 9.96. The Bertz CT molecular complexity index is 432. The summed E-state index contributed by atoms with van der Waals surface area (Å²) in [6, 6.07) is 3.43. The van der Waals surface area contributed by atoms with Crippen molar-refractivity contribution in [2.45, 2.75) is 32.6 Å². The van der Waals surface area contributed by atoms with Crippen LogP contribution in [0.4, 0.5) is 0 Å². The van der Waals surface area contributed by atoms with Crippen molar-refractivity contribution >= 4 is 29.2 Å². The van der Waals surface area contributed by atoms with E-state index in [1.54, 1.807) is 12.1 Å². The first-order valence-corrected chi connectivity index (χ1v) is 6.54. The maximum atomic E-state index is 10.5. The number of carboxylic acid groups (broad SMARTS) is 1. The van der Waals surface area contributed by atoms with E-state index in [4.69, 9.17) is 33.0 Å². The van der Waals surface area contributed by atoms with Gasteiger partial charge in [-0.3, -0.25) is 4.79 Å². The first-order chi connectivity index (χ1) is 8.45. The first kappa shape index (κ1) is 15.1. The third-order valence-corrected chi connectivity index (χ3v) is 3.30. The van der Waals surface area contributed by atoms with E-state index in [0.29, 0.717) is 28.8 Å². The zero-order chi connectivity index (χ0) is 13.7. The van der Waals surface area contributed by atoms with E-state index >= 15 is 0 Å². The third kappa shape index (κ3) is 4.07. The van der Waals surface area contributed by atoms with Gasteiger partial charge in [-0.25, -0.2) is 0 Å². The number of aliphatic carboxylic acids is 1. The molecule has 1 unspecified atom stereocenters. The Morgan fingerprint density at radius 1 is 1.39 bits per heavy atom. The van der Waals surface area contributed by atoms with E-state index in [1.165, 1.54) is 0 Å². The van der Waals surface area contributed by atoms with Crippen LogP contribution in [0.1, 0.15) is 38.2 Å². The summed E-state index contributed by atoms with van der Waals surface area (Å²) in [6.45, 7) is 4.32. The molecule has 1 atom stereocenters. The number of carboxylic acids is 1. The molecular formula is C13H16Cl2O3. The minimum absolute atomic E-state index is 0.0433. The summed E-state index contributed by atoms with van der Waals surface area (Å²) in [4.78, 5) is 10.5. The van der Waals surface area contributed by atoms with Gasteiger partial charge in [0.05, 0.1) is 11.6 Å². The number of rotatable bonds is 6. The summed E-state index contributed by atoms with van der Waals surface area (Å²) < 4.78 is 5.34. The average Bonchev–Trinajstić information content (AvgIpc) is 2.30. The van der Waals surface area contributed by atoms with Crippen molar-refractivity contribution < 1.29 is 14.6 Å². The molecule has 0 aliphatic carbocycles. The second-order valence-electron chi connectivity index (χ2n) is 4.07. The van der Waals surface area contributed by atoms with Crippen LogP contribution in [-0.2, 0) is 4.79 Å². The monoisotopic (exact) mass is 290 g/mol. The molecule has 0 saturated carbocycles. The van der Waals surface area contributed by atoms with Gasteiger partial charge >= 0.3 is 5.97 Å². The Hall–Kier alpha value is -0.930. The van der Waals surface area contributed by atoms with Crippen molar-refractivity contribution in [3.8, 4) is 5.75 Å². The predicted molar refractivity (Wildman–Crippen MR) is 72.9 cm³/mol. The Labute approximate surface area is 117 Å². The van der Waals surface area contributed by atoms with E-state index in [1.807, 2.05) is 13.8 Å². The molecule has 0 aromatic heterocycles. The number of hydrogen-bond acceptors (Lipinski definition) is 2. The van der Waals surface area contributed by atoms with E-state index in [9.17, 15) is 4.79 Å². The second kappa shape index (κ2) is 6.86. The number of carbonyl (C=O) groups is 1. The summed E-state index contributed by atoms with van der Waals surface area (Å²) >= 11 is 12.2. The van der Waals surface area contributed by atoms with Crippen LogP contribution in [0, 0.1) is 0 Å². The normalized spacial score (nSPS) is 12.2. The van der Waals surface area contributed by atoms with Crippen molar-refractivity contribution in [1.82, 2.24) is 0 Å². The van der Waals surface area contributed by atoms with Crippen molar-refractivity contribution in [1.29, 1.82) is 0 Å². The smallest absolute Gasteiger partial charge is 0.303 e. The molecule has 1 rings (SSSR count). The molecule has 1 aromatic carbocycles. The molecule has 0 heterocycles. The molecule has 100 valence electrons. The minimum atomic E-state index is -0.810. The zero-order valence-corrected chi connectivity index (χ0v) is 11.9. The first-order valence-electron chi connectivity index (χ1n) is 5.79. The molecule has 0 spiro atoms. The second-order valence-corrected chi connectivity index (χ2v) is 4.89. The van der Waals surface area contributed by atoms with Crippen molar-refractivity contribution in [2.75, 3.05) is 6.61 Å². The van der Waals surface area contributed by atoms with Crippen LogP contribution in [-0.4, -0.2) is 17.7 Å². The van der Waals surface area contributed by atoms with Gasteiger partial charge in [-0.1, -0.05) is 30.1 Å². The Morgan fingerprint density at radius 3 is 2.61 bits per heavy atom. The summed E-state index contributed by atoms with van der Waals surface area (Å²) in [5.74, 6) is -0.213. The lowest BCUT2D eigenvalue weighted by Crippen LogP contribution is -2.01. The third-order valence-electron chi connectivity index (χ3n) is 2.67. The van der Waals surface area contributed by atoms with Gasteiger partial charge in [0.1, 0.15) is 5.75 Å². The highest BCUT2D eigenvalue weighted by Crippen LogP contribution is 2.36. The number of ether oxygens (including phenoxy) is 1. The number of halogens is 2. The molecule has 3 nitrogen and oxygen atoms in total. The highest BCUT2D eigenvalue weighted by Gasteiger charge is 2.15. The van der Waals surface area contributed by atoms with Gasteiger partial charge in [0.25, 0.3) is 0 Å². The summed E-state index contributed by atoms with van der Waals surface area (Å²) in [6.07, 6.45) is 0.641. The fourth-order valence-corrected chi connectivity index (χ4v) is 2.25. The molecule has 1 N–H and O–H groups in total. The van der Waals surface area contributed by atoms with Gasteiger partial charge in [-0.05, 0) is 30.9 Å². The Kier molecular flexibility index (Phi) is 5.76. The fraction of sp³-hybridized carbons (Fsp3) is 0.462. The van der Waals surface area contributed by atoms with Gasteiger partial charge in [0.15, 0.2) is 0 Å². The standard InChI is InChI=1S/C13H16Cl2O3/c1-3-18-12-7-10(14)9(6-11(12)15)8(2)4-5-13(16)17/h6-8H,3-5H2,1-2H3,(H,16,17). The van der Waals surface area contributed by atoms with Crippen molar-refractivity contribution in [2.24, 2.45) is 0 Å². The SMILES string of the molecule is CCOc1cc(Cl)c(C(C)CCC(=O)O)cc1Cl.